The summed E-state index contributed by atoms with van der Waals surface area (Å²) in [6.07, 6.45) is 0.496. The first-order valence-corrected chi connectivity index (χ1v) is 10.6. The largest absolute Gasteiger partial charge is 0.494 e. The molecule has 0 saturated carbocycles. The van der Waals surface area contributed by atoms with Gasteiger partial charge in [-0.1, -0.05) is 34.1 Å². The quantitative estimate of drug-likeness (QED) is 0.382. The van der Waals surface area contributed by atoms with Crippen molar-refractivity contribution in [1.29, 1.82) is 0 Å². The highest BCUT2D eigenvalue weighted by atomic mass is 79.9. The summed E-state index contributed by atoms with van der Waals surface area (Å²) in [5, 5.41) is 8.86. The van der Waals surface area contributed by atoms with Crippen LogP contribution in [0.15, 0.2) is 58.0 Å². The van der Waals surface area contributed by atoms with Crippen molar-refractivity contribution in [2.45, 2.75) is 31.4 Å². The van der Waals surface area contributed by atoms with E-state index in [4.69, 9.17) is 19.6 Å². The van der Waals surface area contributed by atoms with Crippen molar-refractivity contribution in [3.63, 3.8) is 0 Å². The van der Waals surface area contributed by atoms with E-state index >= 15 is 0 Å². The molecule has 1 aliphatic rings. The molecule has 2 aromatic carbocycles. The van der Waals surface area contributed by atoms with E-state index in [-0.39, 0.29) is 12.5 Å². The number of hydrogen-bond acceptors (Lipinski definition) is 6. The van der Waals surface area contributed by atoms with Gasteiger partial charge in [-0.25, -0.2) is 10.4 Å². The summed E-state index contributed by atoms with van der Waals surface area (Å²) in [6.45, 7) is 2.40. The van der Waals surface area contributed by atoms with Gasteiger partial charge in [0, 0.05) is 36.5 Å². The number of carbonyl (C=O) groups is 1. The van der Waals surface area contributed by atoms with Gasteiger partial charge in [-0.05, 0) is 42.8 Å². The summed E-state index contributed by atoms with van der Waals surface area (Å²) in [4.78, 5) is 17.8. The minimum absolute atomic E-state index is 0.0922. The number of amides is 1. The molecule has 0 aliphatic carbocycles. The van der Waals surface area contributed by atoms with Gasteiger partial charge in [0.2, 0.25) is 5.90 Å². The number of nitrogens with one attached hydrogen (secondary N) is 2. The second-order valence-corrected chi connectivity index (χ2v) is 7.88. The molecule has 0 bridgehead atoms. The van der Waals surface area contributed by atoms with Crippen molar-refractivity contribution in [3.8, 4) is 5.75 Å². The lowest BCUT2D eigenvalue weighted by atomic mass is 9.86. The number of ether oxygens (including phenoxy) is 2. The van der Waals surface area contributed by atoms with Crippen LogP contribution in [0.5, 0.6) is 5.75 Å². The Labute approximate surface area is 184 Å². The number of rotatable bonds is 9. The fourth-order valence-electron chi connectivity index (χ4n) is 3.30. The number of nitrogens with zero attached hydrogens (tertiary/aromatic N) is 1. The summed E-state index contributed by atoms with van der Waals surface area (Å²) in [5.41, 5.74) is 6.01. The molecule has 1 aliphatic heterocycles. The molecule has 3 rings (SSSR count). The third-order valence-corrected chi connectivity index (χ3v) is 5.76. The third-order valence-electron chi connectivity index (χ3n) is 4.98. The summed E-state index contributed by atoms with van der Waals surface area (Å²) < 4.78 is 12.5. The van der Waals surface area contributed by atoms with E-state index in [1.807, 2.05) is 55.5 Å². The molecule has 160 valence electrons. The van der Waals surface area contributed by atoms with Crippen LogP contribution in [0, 0.1) is 0 Å². The second-order valence-electron chi connectivity index (χ2n) is 7.02. The SMILES string of the molecule is CNNC(=O)[C@@]1(Cc2ccccc2Br)N=C(c2ccc(OCCCO)cc2)O[C@H]1C. The first kappa shape index (κ1) is 22.3. The lowest BCUT2D eigenvalue weighted by Gasteiger charge is -2.28. The first-order valence-electron chi connectivity index (χ1n) is 9.81. The third kappa shape index (κ3) is 4.83. The van der Waals surface area contributed by atoms with Gasteiger partial charge < -0.3 is 14.6 Å². The standard InChI is InChI=1S/C22H26BrN3O4/c1-15-22(21(28)26-24-2,14-17-6-3-4-7-19(17)23)25-20(30-15)16-8-10-18(11-9-16)29-13-5-12-27/h3-4,6-11,15,24,27H,5,12-14H2,1-2H3,(H,26,28)/t15-,22-/m0/s1. The summed E-state index contributed by atoms with van der Waals surface area (Å²) in [6, 6.07) is 15.1. The normalized spacial score (nSPS) is 20.4. The van der Waals surface area contributed by atoms with Crippen molar-refractivity contribution in [1.82, 2.24) is 10.9 Å². The van der Waals surface area contributed by atoms with Crippen molar-refractivity contribution < 1.29 is 19.4 Å². The van der Waals surface area contributed by atoms with Gasteiger partial charge in [0.1, 0.15) is 11.9 Å². The van der Waals surface area contributed by atoms with E-state index in [1.54, 1.807) is 7.05 Å². The molecule has 30 heavy (non-hydrogen) atoms. The van der Waals surface area contributed by atoms with Gasteiger partial charge in [0.15, 0.2) is 5.54 Å². The average Bonchev–Trinajstić information content (AvgIpc) is 3.08. The maximum absolute atomic E-state index is 13.1. The highest BCUT2D eigenvalue weighted by molar-refractivity contribution is 9.10. The van der Waals surface area contributed by atoms with Gasteiger partial charge in [-0.15, -0.1) is 0 Å². The maximum atomic E-state index is 13.1. The van der Waals surface area contributed by atoms with Crippen molar-refractivity contribution >= 4 is 27.7 Å². The molecule has 1 heterocycles. The van der Waals surface area contributed by atoms with Gasteiger partial charge in [0.05, 0.1) is 6.61 Å². The highest BCUT2D eigenvalue weighted by Crippen LogP contribution is 2.34. The molecule has 0 radical (unpaired) electrons. The van der Waals surface area contributed by atoms with E-state index in [1.165, 1.54) is 0 Å². The number of hydrogen-bond donors (Lipinski definition) is 3. The monoisotopic (exact) mass is 475 g/mol. The molecule has 2 aromatic rings. The molecule has 0 spiro atoms. The molecule has 2 atom stereocenters. The fraction of sp³-hybridized carbons (Fsp3) is 0.364. The number of benzene rings is 2. The zero-order chi connectivity index (χ0) is 21.6. The summed E-state index contributed by atoms with van der Waals surface area (Å²) >= 11 is 3.56. The summed E-state index contributed by atoms with van der Waals surface area (Å²) in [7, 11) is 1.64. The van der Waals surface area contributed by atoms with Crippen LogP contribution in [0.25, 0.3) is 0 Å². The van der Waals surface area contributed by atoms with Gasteiger partial charge in [0.25, 0.3) is 5.91 Å². The van der Waals surface area contributed by atoms with E-state index in [2.05, 4.69) is 26.8 Å². The molecule has 0 saturated heterocycles. The lowest BCUT2D eigenvalue weighted by Crippen LogP contribution is -2.55. The second kappa shape index (κ2) is 10.1. The van der Waals surface area contributed by atoms with Crippen molar-refractivity contribution in [3.05, 3.63) is 64.1 Å². The van der Waals surface area contributed by atoms with Gasteiger partial charge in [-0.3, -0.25) is 10.2 Å². The smallest absolute Gasteiger partial charge is 0.266 e. The molecule has 8 heteroatoms. The van der Waals surface area contributed by atoms with E-state index in [9.17, 15) is 4.79 Å². The predicted molar refractivity (Wildman–Crippen MR) is 119 cm³/mol. The Balaban J connectivity index is 1.90. The Bertz CT molecular complexity index is 904. The minimum Gasteiger partial charge on any atom is -0.494 e. The van der Waals surface area contributed by atoms with Gasteiger partial charge >= 0.3 is 0 Å². The van der Waals surface area contributed by atoms with Crippen LogP contribution in [0.1, 0.15) is 24.5 Å². The highest BCUT2D eigenvalue weighted by Gasteiger charge is 2.50. The average molecular weight is 476 g/mol. The van der Waals surface area contributed by atoms with E-state index in [0.29, 0.717) is 31.1 Å². The first-order chi connectivity index (χ1) is 14.5. The number of halogens is 1. The Kier molecular flexibility index (Phi) is 7.47. The zero-order valence-electron chi connectivity index (χ0n) is 17.0. The van der Waals surface area contributed by atoms with Crippen molar-refractivity contribution in [2.24, 2.45) is 4.99 Å². The number of hydrazine groups is 1. The van der Waals surface area contributed by atoms with Crippen LogP contribution in [0.2, 0.25) is 0 Å². The van der Waals surface area contributed by atoms with Crippen molar-refractivity contribution in [2.75, 3.05) is 20.3 Å². The van der Waals surface area contributed by atoms with E-state index in [0.717, 1.165) is 15.6 Å². The molecule has 0 aromatic heterocycles. The molecule has 0 unspecified atom stereocenters. The molecule has 3 N–H and O–H groups in total. The van der Waals surface area contributed by atoms with Crippen LogP contribution >= 0.6 is 15.9 Å². The zero-order valence-corrected chi connectivity index (χ0v) is 18.6. The minimum atomic E-state index is -1.11. The number of aliphatic hydroxyl groups is 1. The molecular weight excluding hydrogens is 450 g/mol. The molecular formula is C22H26BrN3O4. The van der Waals surface area contributed by atoms with Crippen LogP contribution in [-0.2, 0) is 16.0 Å². The molecule has 1 amide bonds. The number of carbonyl (C=O) groups excluding carboxylic acids is 1. The Morgan fingerprint density at radius 2 is 2.00 bits per heavy atom. The Morgan fingerprint density at radius 1 is 1.27 bits per heavy atom. The topological polar surface area (TPSA) is 92.2 Å². The number of aliphatic hydroxyl groups excluding tert-OH is 1. The van der Waals surface area contributed by atoms with E-state index < -0.39 is 11.6 Å². The van der Waals surface area contributed by atoms with Gasteiger partial charge in [-0.2, -0.15) is 0 Å². The lowest BCUT2D eigenvalue weighted by molar-refractivity contribution is -0.129. The summed E-state index contributed by atoms with van der Waals surface area (Å²) in [5.74, 6) is 0.862. The van der Waals surface area contributed by atoms with Crippen LogP contribution in [0.3, 0.4) is 0 Å². The Morgan fingerprint density at radius 3 is 2.67 bits per heavy atom. The molecule has 7 nitrogen and oxygen atoms in total. The predicted octanol–water partition coefficient (Wildman–Crippen LogP) is 2.61. The Hall–Kier alpha value is -2.42. The number of aliphatic imine (C=N–C) groups is 1. The molecule has 0 fully saturated rings. The van der Waals surface area contributed by atoms with Crippen LogP contribution in [-0.4, -0.2) is 48.8 Å². The fourth-order valence-corrected chi connectivity index (χ4v) is 3.72. The van der Waals surface area contributed by atoms with Crippen LogP contribution < -0.4 is 15.6 Å². The maximum Gasteiger partial charge on any atom is 0.266 e. The van der Waals surface area contributed by atoms with Crippen LogP contribution in [0.4, 0.5) is 0 Å².